The Kier molecular flexibility index (Phi) is 9.28. The lowest BCUT2D eigenvalue weighted by atomic mass is 10.1. The quantitative estimate of drug-likeness (QED) is 0.227. The van der Waals surface area contributed by atoms with Crippen LogP contribution in [0.4, 0.5) is 0 Å². The maximum absolute atomic E-state index is 13.1. The first-order valence-corrected chi connectivity index (χ1v) is 12.4. The fourth-order valence-electron chi connectivity index (χ4n) is 3.96. The predicted molar refractivity (Wildman–Crippen MR) is 142 cm³/mol. The first-order chi connectivity index (χ1) is 19.9. The molecule has 0 spiro atoms. The lowest BCUT2D eigenvalue weighted by Gasteiger charge is -2.25. The van der Waals surface area contributed by atoms with E-state index in [4.69, 9.17) is 24.7 Å². The molecule has 1 saturated heterocycles. The Morgan fingerprint density at radius 2 is 1.20 bits per heavy atom. The molecule has 1 aliphatic heterocycles. The molecular formula is C30H24N4O7. The van der Waals surface area contributed by atoms with Crippen LogP contribution in [0, 0.1) is 22.7 Å². The van der Waals surface area contributed by atoms with E-state index in [0.29, 0.717) is 0 Å². The number of nitrogens with one attached hydrogen (secondary N) is 1. The summed E-state index contributed by atoms with van der Waals surface area (Å²) >= 11 is 0. The molecule has 4 unspecified atom stereocenters. The Labute approximate surface area is 235 Å². The van der Waals surface area contributed by atoms with Crippen LogP contribution >= 0.6 is 0 Å². The Morgan fingerprint density at radius 3 is 1.66 bits per heavy atom. The minimum absolute atomic E-state index is 0.200. The van der Waals surface area contributed by atoms with E-state index in [2.05, 4.69) is 5.32 Å². The summed E-state index contributed by atoms with van der Waals surface area (Å²) in [6, 6.07) is 27.8. The first kappa shape index (κ1) is 28.4. The van der Waals surface area contributed by atoms with Crippen molar-refractivity contribution in [3.05, 3.63) is 119 Å². The average Bonchev–Trinajstić information content (AvgIpc) is 3.34. The fraction of sp³-hybridized carbons (Fsp3) is 0.167. The van der Waals surface area contributed by atoms with Crippen molar-refractivity contribution in [3.8, 4) is 12.1 Å². The van der Waals surface area contributed by atoms with Gasteiger partial charge in [-0.2, -0.15) is 10.5 Å². The van der Waals surface area contributed by atoms with E-state index >= 15 is 0 Å². The van der Waals surface area contributed by atoms with Gasteiger partial charge in [-0.25, -0.2) is 14.4 Å². The van der Waals surface area contributed by atoms with Crippen LogP contribution in [0.1, 0.15) is 31.1 Å². The number of hydrogen-bond acceptors (Lipinski definition) is 11. The van der Waals surface area contributed by atoms with Crippen LogP contribution in [0.15, 0.2) is 102 Å². The summed E-state index contributed by atoms with van der Waals surface area (Å²) in [6.07, 6.45) is -5.13. The van der Waals surface area contributed by atoms with Crippen LogP contribution < -0.4 is 11.1 Å². The molecule has 1 aliphatic rings. The van der Waals surface area contributed by atoms with Crippen LogP contribution in [0.2, 0.25) is 0 Å². The number of esters is 3. The van der Waals surface area contributed by atoms with Gasteiger partial charge in [-0.3, -0.25) is 0 Å². The molecule has 1 heterocycles. The zero-order valence-corrected chi connectivity index (χ0v) is 21.5. The van der Waals surface area contributed by atoms with Crippen molar-refractivity contribution >= 4 is 17.9 Å². The number of nitrogens with two attached hydrogens (primary N) is 1. The van der Waals surface area contributed by atoms with Crippen molar-refractivity contribution in [2.75, 3.05) is 6.61 Å². The van der Waals surface area contributed by atoms with Crippen LogP contribution in [0.5, 0.6) is 0 Å². The second kappa shape index (κ2) is 13.4. The smallest absolute Gasteiger partial charge is 0.338 e. The minimum atomic E-state index is -1.36. The molecule has 3 aromatic carbocycles. The summed E-state index contributed by atoms with van der Waals surface area (Å²) in [6.45, 7) is -0.405. The molecule has 11 nitrogen and oxygen atoms in total. The van der Waals surface area contributed by atoms with Gasteiger partial charge in [0.05, 0.1) is 16.7 Å². The van der Waals surface area contributed by atoms with E-state index in [1.165, 1.54) is 24.3 Å². The monoisotopic (exact) mass is 552 g/mol. The molecule has 206 valence electrons. The molecule has 0 bridgehead atoms. The van der Waals surface area contributed by atoms with Gasteiger partial charge >= 0.3 is 17.9 Å². The number of carbonyl (C=O) groups is 3. The largest absolute Gasteiger partial charge is 0.459 e. The number of nitriles is 2. The van der Waals surface area contributed by atoms with Crippen molar-refractivity contribution in [3.63, 3.8) is 0 Å². The van der Waals surface area contributed by atoms with Crippen molar-refractivity contribution in [2.24, 2.45) is 5.73 Å². The molecule has 3 aromatic rings. The van der Waals surface area contributed by atoms with E-state index in [9.17, 15) is 24.9 Å². The summed E-state index contributed by atoms with van der Waals surface area (Å²) < 4.78 is 22.9. The standard InChI is InChI=1S/C30H24N4O7/c31-16-22(33)23(17-32)34-27-26(41-30(37)21-14-8-3-9-15-21)25(40-29(36)20-12-6-2-7-13-20)24(39-27)18-38-28(35)19-10-4-1-5-11-19/h1-15,24-27,34H,18,33H2/b23-22-. The van der Waals surface area contributed by atoms with Gasteiger partial charge in [0.15, 0.2) is 18.4 Å². The third-order valence-corrected chi connectivity index (χ3v) is 5.99. The van der Waals surface area contributed by atoms with Gasteiger partial charge in [0, 0.05) is 0 Å². The zero-order valence-electron chi connectivity index (χ0n) is 21.5. The minimum Gasteiger partial charge on any atom is -0.459 e. The van der Waals surface area contributed by atoms with Crippen LogP contribution in [-0.2, 0) is 18.9 Å². The molecule has 0 amide bonds. The normalized spacial score (nSPS) is 20.0. The number of carbonyl (C=O) groups excluding carboxylic acids is 3. The summed E-state index contributed by atoms with van der Waals surface area (Å²) in [4.78, 5) is 38.8. The number of hydrogen-bond donors (Lipinski definition) is 2. The van der Waals surface area contributed by atoms with Gasteiger partial charge in [0.2, 0.25) is 0 Å². The molecule has 0 radical (unpaired) electrons. The highest BCUT2D eigenvalue weighted by Crippen LogP contribution is 2.29. The number of allylic oxidation sites excluding steroid dienone is 2. The molecule has 11 heteroatoms. The molecule has 1 fully saturated rings. The van der Waals surface area contributed by atoms with Crippen molar-refractivity contribution in [1.82, 2.24) is 5.32 Å². The van der Waals surface area contributed by atoms with Crippen molar-refractivity contribution < 1.29 is 33.3 Å². The molecule has 4 rings (SSSR count). The molecule has 0 saturated carbocycles. The average molecular weight is 553 g/mol. The van der Waals surface area contributed by atoms with Gasteiger partial charge in [-0.15, -0.1) is 0 Å². The maximum atomic E-state index is 13.1. The molecule has 0 aromatic heterocycles. The predicted octanol–water partition coefficient (Wildman–Crippen LogP) is 2.83. The zero-order chi connectivity index (χ0) is 29.2. The highest BCUT2D eigenvalue weighted by Gasteiger charge is 2.51. The van der Waals surface area contributed by atoms with E-state index < -0.39 is 54.8 Å². The summed E-state index contributed by atoms with van der Waals surface area (Å²) in [5.74, 6) is -2.19. The molecule has 3 N–H and O–H groups in total. The van der Waals surface area contributed by atoms with Gasteiger partial charge in [-0.05, 0) is 36.4 Å². The summed E-state index contributed by atoms with van der Waals surface area (Å²) in [5.41, 5.74) is 5.54. The third kappa shape index (κ3) is 7.06. The molecular weight excluding hydrogens is 528 g/mol. The van der Waals surface area contributed by atoms with Crippen LogP contribution in [0.3, 0.4) is 0 Å². The van der Waals surface area contributed by atoms with E-state index in [0.717, 1.165) is 0 Å². The second-order valence-corrected chi connectivity index (χ2v) is 8.69. The summed E-state index contributed by atoms with van der Waals surface area (Å²) in [7, 11) is 0. The van der Waals surface area contributed by atoms with Gasteiger partial charge in [0.25, 0.3) is 0 Å². The van der Waals surface area contributed by atoms with E-state index in [1.807, 2.05) is 0 Å². The first-order valence-electron chi connectivity index (χ1n) is 12.4. The number of nitrogens with zero attached hydrogens (tertiary/aromatic N) is 2. The van der Waals surface area contributed by atoms with Gasteiger partial charge in [-0.1, -0.05) is 54.6 Å². The van der Waals surface area contributed by atoms with Crippen LogP contribution in [-0.4, -0.2) is 49.1 Å². The highest BCUT2D eigenvalue weighted by atomic mass is 16.7. The second-order valence-electron chi connectivity index (χ2n) is 8.69. The molecule has 0 aliphatic carbocycles. The summed E-state index contributed by atoms with van der Waals surface area (Å²) in [5, 5.41) is 21.4. The number of rotatable bonds is 9. The van der Waals surface area contributed by atoms with Crippen molar-refractivity contribution in [1.29, 1.82) is 10.5 Å². The van der Waals surface area contributed by atoms with Gasteiger partial charge in [0.1, 0.15) is 36.2 Å². The number of benzene rings is 3. The lowest BCUT2D eigenvalue weighted by molar-refractivity contribution is -0.0463. The Hall–Kier alpha value is -5.65. The number of ether oxygens (including phenoxy) is 4. The van der Waals surface area contributed by atoms with Crippen molar-refractivity contribution in [2.45, 2.75) is 24.5 Å². The van der Waals surface area contributed by atoms with E-state index in [-0.39, 0.29) is 22.4 Å². The Morgan fingerprint density at radius 1 is 0.732 bits per heavy atom. The highest BCUT2D eigenvalue weighted by molar-refractivity contribution is 5.91. The Bertz CT molecular complexity index is 1500. The molecule has 41 heavy (non-hydrogen) atoms. The lowest BCUT2D eigenvalue weighted by Crippen LogP contribution is -2.46. The van der Waals surface area contributed by atoms with Gasteiger partial charge < -0.3 is 30.0 Å². The maximum Gasteiger partial charge on any atom is 0.338 e. The third-order valence-electron chi connectivity index (χ3n) is 5.99. The van der Waals surface area contributed by atoms with E-state index in [1.54, 1.807) is 78.9 Å². The fourth-order valence-corrected chi connectivity index (χ4v) is 3.96. The SMILES string of the molecule is N#C/C(N)=C(\C#N)NC1OC(COC(=O)c2ccccc2)C(OC(=O)c2ccccc2)C1OC(=O)c1ccccc1. The topological polar surface area (TPSA) is 174 Å². The molecule has 4 atom stereocenters. The Balaban J connectivity index is 1.66. The van der Waals surface area contributed by atoms with Crippen LogP contribution in [0.25, 0.3) is 0 Å².